The number of hydrogen-bond donors (Lipinski definition) is 1. The van der Waals surface area contributed by atoms with E-state index in [1.54, 1.807) is 19.2 Å². The molecule has 6 heteroatoms. The number of aliphatic hydroxyl groups is 1. The summed E-state index contributed by atoms with van der Waals surface area (Å²) >= 11 is 0. The zero-order valence-electron chi connectivity index (χ0n) is 23.9. The average molecular weight is 527 g/mol. The summed E-state index contributed by atoms with van der Waals surface area (Å²) in [4.78, 5) is 30.9. The Morgan fingerprint density at radius 3 is 2.18 bits per heavy atom. The molecule has 3 aromatic carbocycles. The largest absolute Gasteiger partial charge is 0.507 e. The fraction of sp³-hybridized carbons (Fsp3) is 0.333. The second-order valence-corrected chi connectivity index (χ2v) is 10.3. The van der Waals surface area contributed by atoms with Crippen LogP contribution < -0.4 is 14.5 Å². The fourth-order valence-corrected chi connectivity index (χ4v) is 5.23. The standard InChI is InChI=1S/C33H38N2O4/c1-8-34(9-2)25-15-11-23(12-16-25)30-29(31(36)24-13-17-28(39-7)27(19-24)20(3)4)32(37)33(38)35(30)26-14-10-21(5)22(6)18-26/h10-20,30,36H,8-9H2,1-7H3/b31-29-. The van der Waals surface area contributed by atoms with Crippen molar-refractivity contribution in [3.8, 4) is 5.75 Å². The number of amides is 1. The third kappa shape index (κ3) is 5.16. The molecule has 0 bridgehead atoms. The van der Waals surface area contributed by atoms with Crippen molar-refractivity contribution in [1.82, 2.24) is 0 Å². The Labute approximate surface area is 231 Å². The number of hydrogen-bond acceptors (Lipinski definition) is 5. The Morgan fingerprint density at radius 2 is 1.62 bits per heavy atom. The number of anilines is 2. The SMILES string of the molecule is CCN(CC)c1ccc(C2/C(=C(/O)c3ccc(OC)c(C(C)C)c3)C(=O)C(=O)N2c2ccc(C)c(C)c2)cc1. The van der Waals surface area contributed by atoms with Crippen molar-refractivity contribution in [1.29, 1.82) is 0 Å². The zero-order valence-corrected chi connectivity index (χ0v) is 23.9. The van der Waals surface area contributed by atoms with Crippen LogP contribution in [0, 0.1) is 13.8 Å². The Morgan fingerprint density at radius 1 is 0.949 bits per heavy atom. The first kappa shape index (κ1) is 28.0. The summed E-state index contributed by atoms with van der Waals surface area (Å²) in [6.45, 7) is 14.0. The van der Waals surface area contributed by atoms with E-state index in [0.717, 1.165) is 41.0 Å². The first-order valence-corrected chi connectivity index (χ1v) is 13.5. The number of nitrogens with zero attached hydrogens (tertiary/aromatic N) is 2. The van der Waals surface area contributed by atoms with E-state index >= 15 is 0 Å². The van der Waals surface area contributed by atoms with E-state index in [4.69, 9.17) is 4.74 Å². The van der Waals surface area contributed by atoms with Crippen LogP contribution in [0.15, 0.2) is 66.2 Å². The van der Waals surface area contributed by atoms with Crippen LogP contribution in [0.2, 0.25) is 0 Å². The monoisotopic (exact) mass is 526 g/mol. The Balaban J connectivity index is 1.93. The van der Waals surface area contributed by atoms with Gasteiger partial charge in [0.25, 0.3) is 11.7 Å². The highest BCUT2D eigenvalue weighted by Crippen LogP contribution is 2.43. The number of benzene rings is 3. The Kier molecular flexibility index (Phi) is 8.14. The van der Waals surface area contributed by atoms with Gasteiger partial charge in [-0.05, 0) is 98.3 Å². The second kappa shape index (κ2) is 11.4. The van der Waals surface area contributed by atoms with E-state index < -0.39 is 17.7 Å². The lowest BCUT2D eigenvalue weighted by Crippen LogP contribution is -2.29. The van der Waals surface area contributed by atoms with Crippen LogP contribution in [-0.2, 0) is 9.59 Å². The van der Waals surface area contributed by atoms with Crippen molar-refractivity contribution in [2.45, 2.75) is 53.5 Å². The van der Waals surface area contributed by atoms with E-state index in [9.17, 15) is 14.7 Å². The van der Waals surface area contributed by atoms with Crippen molar-refractivity contribution < 1.29 is 19.4 Å². The number of aryl methyl sites for hydroxylation is 2. The average Bonchev–Trinajstić information content (AvgIpc) is 3.20. The van der Waals surface area contributed by atoms with Gasteiger partial charge in [0.1, 0.15) is 11.5 Å². The minimum atomic E-state index is -0.775. The molecule has 0 aromatic heterocycles. The summed E-state index contributed by atoms with van der Waals surface area (Å²) in [6.07, 6.45) is 0. The highest BCUT2D eigenvalue weighted by molar-refractivity contribution is 6.51. The molecule has 1 aliphatic rings. The van der Waals surface area contributed by atoms with Gasteiger partial charge in [-0.25, -0.2) is 0 Å². The van der Waals surface area contributed by atoms with Crippen molar-refractivity contribution in [2.75, 3.05) is 30.0 Å². The van der Waals surface area contributed by atoms with Crippen LogP contribution >= 0.6 is 0 Å². The molecule has 204 valence electrons. The highest BCUT2D eigenvalue weighted by atomic mass is 16.5. The number of rotatable bonds is 8. The number of carbonyl (C=O) groups excluding carboxylic acids is 2. The Hall–Kier alpha value is -4.06. The van der Waals surface area contributed by atoms with Gasteiger partial charge in [-0.3, -0.25) is 14.5 Å². The minimum absolute atomic E-state index is 0.0775. The summed E-state index contributed by atoms with van der Waals surface area (Å²) in [7, 11) is 1.61. The van der Waals surface area contributed by atoms with Gasteiger partial charge in [0.15, 0.2) is 0 Å². The number of ketones is 1. The van der Waals surface area contributed by atoms with Gasteiger partial charge >= 0.3 is 0 Å². The molecule has 0 spiro atoms. The van der Waals surface area contributed by atoms with Crippen molar-refractivity contribution >= 4 is 28.8 Å². The molecule has 1 heterocycles. The predicted octanol–water partition coefficient (Wildman–Crippen LogP) is 6.91. The number of ether oxygens (including phenoxy) is 1. The second-order valence-electron chi connectivity index (χ2n) is 10.3. The maximum atomic E-state index is 13.6. The van der Waals surface area contributed by atoms with Crippen molar-refractivity contribution in [2.24, 2.45) is 0 Å². The summed E-state index contributed by atoms with van der Waals surface area (Å²) in [5, 5.41) is 11.6. The summed E-state index contributed by atoms with van der Waals surface area (Å²) in [5.41, 5.74) is 6.00. The molecular formula is C33H38N2O4. The van der Waals surface area contributed by atoms with Gasteiger partial charge in [-0.1, -0.05) is 32.0 Å². The van der Waals surface area contributed by atoms with E-state index in [0.29, 0.717) is 17.0 Å². The lowest BCUT2D eigenvalue weighted by molar-refractivity contribution is -0.132. The first-order valence-electron chi connectivity index (χ1n) is 13.5. The van der Waals surface area contributed by atoms with E-state index in [1.807, 2.05) is 76.2 Å². The third-order valence-corrected chi connectivity index (χ3v) is 7.68. The summed E-state index contributed by atoms with van der Waals surface area (Å²) < 4.78 is 5.51. The van der Waals surface area contributed by atoms with Crippen molar-refractivity contribution in [3.63, 3.8) is 0 Å². The molecular weight excluding hydrogens is 488 g/mol. The number of Topliss-reactive ketones (excluding diaryl/α,β-unsaturated/α-hetero) is 1. The predicted molar refractivity (Wildman–Crippen MR) is 158 cm³/mol. The molecule has 1 aliphatic heterocycles. The van der Waals surface area contributed by atoms with Gasteiger partial charge in [0, 0.05) is 30.0 Å². The van der Waals surface area contributed by atoms with E-state index in [2.05, 4.69) is 18.7 Å². The maximum absolute atomic E-state index is 13.6. The molecule has 1 fully saturated rings. The molecule has 39 heavy (non-hydrogen) atoms. The van der Waals surface area contributed by atoms with E-state index in [1.165, 1.54) is 4.90 Å². The zero-order chi connectivity index (χ0) is 28.4. The van der Waals surface area contributed by atoms with Gasteiger partial charge in [-0.2, -0.15) is 0 Å². The molecule has 0 aliphatic carbocycles. The topological polar surface area (TPSA) is 70.1 Å². The molecule has 1 N–H and O–H groups in total. The van der Waals surface area contributed by atoms with Crippen LogP contribution in [0.3, 0.4) is 0 Å². The molecule has 4 rings (SSSR count). The van der Waals surface area contributed by atoms with Gasteiger partial charge in [-0.15, -0.1) is 0 Å². The lowest BCUT2D eigenvalue weighted by atomic mass is 9.93. The van der Waals surface area contributed by atoms with Gasteiger partial charge < -0.3 is 14.7 Å². The molecule has 0 saturated carbocycles. The van der Waals surface area contributed by atoms with Crippen LogP contribution in [0.5, 0.6) is 5.75 Å². The first-order chi connectivity index (χ1) is 18.6. The normalized spacial score (nSPS) is 16.7. The number of methoxy groups -OCH3 is 1. The molecule has 1 amide bonds. The van der Waals surface area contributed by atoms with Crippen LogP contribution in [0.25, 0.3) is 5.76 Å². The number of aliphatic hydroxyl groups excluding tert-OH is 1. The van der Waals surface area contributed by atoms with E-state index in [-0.39, 0.29) is 17.3 Å². The molecule has 1 saturated heterocycles. The molecule has 0 radical (unpaired) electrons. The molecule has 1 atom stereocenters. The van der Waals surface area contributed by atoms with Crippen LogP contribution in [-0.4, -0.2) is 37.0 Å². The molecule has 6 nitrogen and oxygen atoms in total. The highest BCUT2D eigenvalue weighted by Gasteiger charge is 2.47. The van der Waals surface area contributed by atoms with Crippen LogP contribution in [0.4, 0.5) is 11.4 Å². The third-order valence-electron chi connectivity index (χ3n) is 7.68. The molecule has 1 unspecified atom stereocenters. The maximum Gasteiger partial charge on any atom is 0.300 e. The molecule has 3 aromatic rings. The smallest absolute Gasteiger partial charge is 0.300 e. The summed E-state index contributed by atoms with van der Waals surface area (Å²) in [6, 6.07) is 18.2. The minimum Gasteiger partial charge on any atom is -0.507 e. The summed E-state index contributed by atoms with van der Waals surface area (Å²) in [5.74, 6) is -0.711. The fourth-order valence-electron chi connectivity index (χ4n) is 5.23. The van der Waals surface area contributed by atoms with Gasteiger partial charge in [0.2, 0.25) is 0 Å². The van der Waals surface area contributed by atoms with Crippen molar-refractivity contribution in [3.05, 3.63) is 94.1 Å². The number of carbonyl (C=O) groups is 2. The Bertz CT molecular complexity index is 1420. The van der Waals surface area contributed by atoms with Gasteiger partial charge in [0.05, 0.1) is 18.7 Å². The quantitative estimate of drug-likeness (QED) is 0.196. The lowest BCUT2D eigenvalue weighted by Gasteiger charge is -2.27. The van der Waals surface area contributed by atoms with Crippen LogP contribution in [0.1, 0.15) is 67.5 Å².